The van der Waals surface area contributed by atoms with Crippen LogP contribution in [0.2, 0.25) is 0 Å². The number of aliphatic hydroxyl groups is 1. The maximum atomic E-state index is 9.04. The second-order valence-electron chi connectivity index (χ2n) is 4.35. The Bertz CT molecular complexity index is 526. The predicted molar refractivity (Wildman–Crippen MR) is 77.7 cm³/mol. The van der Waals surface area contributed by atoms with Crippen LogP contribution in [0.4, 0.5) is 0 Å². The summed E-state index contributed by atoms with van der Waals surface area (Å²) in [7, 11) is 0. The Morgan fingerprint density at radius 1 is 0.850 bits per heavy atom. The molecule has 0 aromatic heterocycles. The molecule has 0 fully saturated rings. The minimum atomic E-state index is 0.0151. The van der Waals surface area contributed by atoms with Gasteiger partial charge in [0.25, 0.3) is 0 Å². The zero-order valence-corrected chi connectivity index (χ0v) is 11.3. The first-order valence-corrected chi connectivity index (χ1v) is 6.56. The highest BCUT2D eigenvalue weighted by Crippen LogP contribution is 2.14. The third-order valence-corrected chi connectivity index (χ3v) is 2.86. The van der Waals surface area contributed by atoms with Gasteiger partial charge in [0.2, 0.25) is 0 Å². The third kappa shape index (κ3) is 4.26. The molecule has 2 aromatic carbocycles. The molecule has 0 spiro atoms. The van der Waals surface area contributed by atoms with Crippen LogP contribution < -0.4 is 15.2 Å². The van der Waals surface area contributed by atoms with Gasteiger partial charge in [-0.15, -0.1) is 0 Å². The van der Waals surface area contributed by atoms with E-state index < -0.39 is 0 Å². The molecule has 4 heteroatoms. The highest BCUT2D eigenvalue weighted by molar-refractivity contribution is 5.28. The average molecular weight is 273 g/mol. The van der Waals surface area contributed by atoms with Crippen LogP contribution in [0.15, 0.2) is 48.5 Å². The predicted octanol–water partition coefficient (Wildman–Crippen LogP) is 2.10. The van der Waals surface area contributed by atoms with Crippen LogP contribution in [-0.2, 0) is 13.2 Å². The summed E-state index contributed by atoms with van der Waals surface area (Å²) >= 11 is 0. The van der Waals surface area contributed by atoms with Crippen LogP contribution in [-0.4, -0.2) is 18.3 Å². The standard InChI is InChI=1S/C16H19NO3/c17-11-13-4-6-15(7-5-13)19-8-9-20-16-3-1-2-14(10-16)12-18/h1-7,10,18H,8-9,11-12,17H2. The van der Waals surface area contributed by atoms with Crippen molar-refractivity contribution < 1.29 is 14.6 Å². The molecule has 20 heavy (non-hydrogen) atoms. The lowest BCUT2D eigenvalue weighted by atomic mass is 10.2. The maximum absolute atomic E-state index is 9.04. The molecule has 2 aromatic rings. The molecule has 0 bridgehead atoms. The van der Waals surface area contributed by atoms with E-state index in [4.69, 9.17) is 20.3 Å². The van der Waals surface area contributed by atoms with E-state index in [0.29, 0.717) is 19.8 Å². The van der Waals surface area contributed by atoms with E-state index in [9.17, 15) is 0 Å². The van der Waals surface area contributed by atoms with Crippen molar-refractivity contribution in [1.29, 1.82) is 0 Å². The smallest absolute Gasteiger partial charge is 0.122 e. The van der Waals surface area contributed by atoms with E-state index in [1.165, 1.54) is 0 Å². The Morgan fingerprint density at radius 2 is 1.55 bits per heavy atom. The van der Waals surface area contributed by atoms with Crippen LogP contribution in [0.5, 0.6) is 11.5 Å². The number of nitrogens with two attached hydrogens (primary N) is 1. The summed E-state index contributed by atoms with van der Waals surface area (Å²) in [5, 5.41) is 9.04. The van der Waals surface area contributed by atoms with Crippen LogP contribution >= 0.6 is 0 Å². The van der Waals surface area contributed by atoms with E-state index in [0.717, 1.165) is 22.6 Å². The number of hydrogen-bond donors (Lipinski definition) is 2. The summed E-state index contributed by atoms with van der Waals surface area (Å²) in [5.74, 6) is 1.54. The maximum Gasteiger partial charge on any atom is 0.122 e. The lowest BCUT2D eigenvalue weighted by Gasteiger charge is -2.09. The van der Waals surface area contributed by atoms with Gasteiger partial charge in [-0.3, -0.25) is 0 Å². The van der Waals surface area contributed by atoms with Gasteiger partial charge in [-0.1, -0.05) is 24.3 Å². The lowest BCUT2D eigenvalue weighted by Crippen LogP contribution is -2.09. The number of aliphatic hydroxyl groups excluding tert-OH is 1. The summed E-state index contributed by atoms with van der Waals surface area (Å²) in [5.41, 5.74) is 7.44. The molecular weight excluding hydrogens is 254 g/mol. The van der Waals surface area contributed by atoms with Crippen molar-refractivity contribution in [2.75, 3.05) is 13.2 Å². The minimum absolute atomic E-state index is 0.0151. The third-order valence-electron chi connectivity index (χ3n) is 2.86. The van der Waals surface area contributed by atoms with Gasteiger partial charge < -0.3 is 20.3 Å². The molecule has 4 nitrogen and oxygen atoms in total. The Kier molecular flexibility index (Phi) is 5.41. The van der Waals surface area contributed by atoms with E-state index in [2.05, 4.69) is 0 Å². The van der Waals surface area contributed by atoms with Gasteiger partial charge in [0.05, 0.1) is 6.61 Å². The first-order valence-electron chi connectivity index (χ1n) is 6.56. The van der Waals surface area contributed by atoms with Crippen LogP contribution in [0, 0.1) is 0 Å². The Morgan fingerprint density at radius 3 is 2.20 bits per heavy atom. The minimum Gasteiger partial charge on any atom is -0.490 e. The van der Waals surface area contributed by atoms with Crippen molar-refractivity contribution in [3.63, 3.8) is 0 Å². The first-order chi connectivity index (χ1) is 9.81. The first kappa shape index (κ1) is 14.4. The monoisotopic (exact) mass is 273 g/mol. The number of ether oxygens (including phenoxy) is 2. The van der Waals surface area contributed by atoms with Crippen LogP contribution in [0.25, 0.3) is 0 Å². The number of hydrogen-bond acceptors (Lipinski definition) is 4. The molecule has 106 valence electrons. The fourth-order valence-electron chi connectivity index (χ4n) is 1.77. The molecule has 0 aliphatic heterocycles. The summed E-state index contributed by atoms with van der Waals surface area (Å²) in [4.78, 5) is 0. The van der Waals surface area contributed by atoms with Gasteiger partial charge in [-0.2, -0.15) is 0 Å². The number of rotatable bonds is 7. The molecular formula is C16H19NO3. The van der Waals surface area contributed by atoms with Crippen LogP contribution in [0.3, 0.4) is 0 Å². The summed E-state index contributed by atoms with van der Waals surface area (Å²) in [6.07, 6.45) is 0. The SMILES string of the molecule is NCc1ccc(OCCOc2cccc(CO)c2)cc1. The van der Waals surface area contributed by atoms with Gasteiger partial charge in [0.15, 0.2) is 0 Å². The molecule has 2 rings (SSSR count). The van der Waals surface area contributed by atoms with Gasteiger partial charge in [0, 0.05) is 6.54 Å². The highest BCUT2D eigenvalue weighted by Gasteiger charge is 1.98. The van der Waals surface area contributed by atoms with Gasteiger partial charge >= 0.3 is 0 Å². The second kappa shape index (κ2) is 7.53. The molecule has 0 heterocycles. The van der Waals surface area contributed by atoms with Crippen molar-refractivity contribution in [3.05, 3.63) is 59.7 Å². The van der Waals surface area contributed by atoms with E-state index in [1.54, 1.807) is 0 Å². The number of benzene rings is 2. The van der Waals surface area contributed by atoms with Crippen molar-refractivity contribution in [2.45, 2.75) is 13.2 Å². The van der Waals surface area contributed by atoms with Crippen LogP contribution in [0.1, 0.15) is 11.1 Å². The van der Waals surface area contributed by atoms with Gasteiger partial charge in [-0.05, 0) is 35.4 Å². The zero-order chi connectivity index (χ0) is 14.2. The molecule has 0 unspecified atom stereocenters. The normalized spacial score (nSPS) is 10.3. The molecule has 0 saturated heterocycles. The Labute approximate surface area is 118 Å². The van der Waals surface area contributed by atoms with Gasteiger partial charge in [0.1, 0.15) is 24.7 Å². The molecule has 0 radical (unpaired) electrons. The molecule has 0 aliphatic rings. The molecule has 0 saturated carbocycles. The molecule has 0 aliphatic carbocycles. The summed E-state index contributed by atoms with van der Waals surface area (Å²) in [6.45, 7) is 1.46. The second-order valence-corrected chi connectivity index (χ2v) is 4.35. The highest BCUT2D eigenvalue weighted by atomic mass is 16.5. The van der Waals surface area contributed by atoms with E-state index in [1.807, 2.05) is 48.5 Å². The van der Waals surface area contributed by atoms with Crippen molar-refractivity contribution in [1.82, 2.24) is 0 Å². The molecule has 3 N–H and O–H groups in total. The van der Waals surface area contributed by atoms with Crippen molar-refractivity contribution in [2.24, 2.45) is 5.73 Å². The van der Waals surface area contributed by atoms with E-state index in [-0.39, 0.29) is 6.61 Å². The quantitative estimate of drug-likeness (QED) is 0.758. The average Bonchev–Trinajstić information content (AvgIpc) is 2.52. The Hall–Kier alpha value is -2.04. The largest absolute Gasteiger partial charge is 0.490 e. The van der Waals surface area contributed by atoms with Crippen molar-refractivity contribution in [3.8, 4) is 11.5 Å². The summed E-state index contributed by atoms with van der Waals surface area (Å²) < 4.78 is 11.1. The molecule has 0 amide bonds. The van der Waals surface area contributed by atoms with Crippen molar-refractivity contribution >= 4 is 0 Å². The molecule has 0 atom stereocenters. The van der Waals surface area contributed by atoms with E-state index >= 15 is 0 Å². The topological polar surface area (TPSA) is 64.7 Å². The summed E-state index contributed by atoms with van der Waals surface area (Å²) in [6, 6.07) is 15.1. The Balaban J connectivity index is 1.75. The zero-order valence-electron chi connectivity index (χ0n) is 11.3. The lowest BCUT2D eigenvalue weighted by molar-refractivity contribution is 0.216. The fraction of sp³-hybridized carbons (Fsp3) is 0.250. The fourth-order valence-corrected chi connectivity index (χ4v) is 1.77. The van der Waals surface area contributed by atoms with Gasteiger partial charge in [-0.25, -0.2) is 0 Å².